The van der Waals surface area contributed by atoms with Crippen LogP contribution in [0.2, 0.25) is 0 Å². The van der Waals surface area contributed by atoms with Gasteiger partial charge < -0.3 is 9.42 Å². The SMILES string of the molecule is CCc1noc(CN2CCC(C(=O)N3CCCCCC3)CC2)n1. The van der Waals surface area contributed by atoms with E-state index in [1.54, 1.807) is 0 Å². The summed E-state index contributed by atoms with van der Waals surface area (Å²) < 4.78 is 5.26. The van der Waals surface area contributed by atoms with Crippen molar-refractivity contribution in [2.45, 2.75) is 58.4 Å². The van der Waals surface area contributed by atoms with E-state index in [1.165, 1.54) is 25.7 Å². The van der Waals surface area contributed by atoms with Crippen LogP contribution >= 0.6 is 0 Å². The van der Waals surface area contributed by atoms with E-state index in [0.29, 0.717) is 18.3 Å². The maximum absolute atomic E-state index is 12.7. The summed E-state index contributed by atoms with van der Waals surface area (Å²) in [5.41, 5.74) is 0. The molecule has 0 bridgehead atoms. The highest BCUT2D eigenvalue weighted by Crippen LogP contribution is 2.22. The van der Waals surface area contributed by atoms with Crippen LogP contribution in [0.15, 0.2) is 4.52 Å². The first-order chi connectivity index (χ1) is 11.3. The van der Waals surface area contributed by atoms with Crippen molar-refractivity contribution in [2.24, 2.45) is 5.92 Å². The van der Waals surface area contributed by atoms with Gasteiger partial charge in [-0.05, 0) is 38.8 Å². The van der Waals surface area contributed by atoms with Gasteiger partial charge in [-0.25, -0.2) is 0 Å². The van der Waals surface area contributed by atoms with E-state index in [2.05, 4.69) is 19.9 Å². The average molecular weight is 320 g/mol. The van der Waals surface area contributed by atoms with Crippen molar-refractivity contribution in [3.8, 4) is 0 Å². The van der Waals surface area contributed by atoms with Gasteiger partial charge in [-0.3, -0.25) is 9.69 Å². The molecule has 0 atom stereocenters. The van der Waals surface area contributed by atoms with Crippen molar-refractivity contribution in [2.75, 3.05) is 26.2 Å². The number of amides is 1. The fraction of sp³-hybridized carbons (Fsp3) is 0.824. The number of hydrogen-bond donors (Lipinski definition) is 0. The van der Waals surface area contributed by atoms with E-state index in [9.17, 15) is 4.79 Å². The zero-order valence-corrected chi connectivity index (χ0v) is 14.2. The summed E-state index contributed by atoms with van der Waals surface area (Å²) in [4.78, 5) is 21.5. The van der Waals surface area contributed by atoms with Crippen molar-refractivity contribution >= 4 is 5.91 Å². The molecule has 0 saturated carbocycles. The molecular formula is C17H28N4O2. The fourth-order valence-electron chi connectivity index (χ4n) is 3.58. The van der Waals surface area contributed by atoms with Crippen LogP contribution in [0.25, 0.3) is 0 Å². The van der Waals surface area contributed by atoms with Gasteiger partial charge >= 0.3 is 0 Å². The highest BCUT2D eigenvalue weighted by atomic mass is 16.5. The molecule has 0 radical (unpaired) electrons. The first kappa shape index (κ1) is 16.4. The van der Waals surface area contributed by atoms with E-state index < -0.39 is 0 Å². The number of carbonyl (C=O) groups is 1. The van der Waals surface area contributed by atoms with E-state index in [1.807, 2.05) is 6.92 Å². The fourth-order valence-corrected chi connectivity index (χ4v) is 3.58. The topological polar surface area (TPSA) is 62.5 Å². The predicted molar refractivity (Wildman–Crippen MR) is 86.7 cm³/mol. The van der Waals surface area contributed by atoms with Crippen LogP contribution in [0.1, 0.15) is 57.2 Å². The molecule has 3 heterocycles. The lowest BCUT2D eigenvalue weighted by Crippen LogP contribution is -2.42. The van der Waals surface area contributed by atoms with E-state index >= 15 is 0 Å². The average Bonchev–Trinajstić information content (AvgIpc) is 2.86. The Labute approximate surface area is 138 Å². The molecule has 23 heavy (non-hydrogen) atoms. The lowest BCUT2D eigenvalue weighted by molar-refractivity contribution is -0.137. The minimum atomic E-state index is 0.207. The molecule has 2 aliphatic rings. The molecule has 0 N–H and O–H groups in total. The quantitative estimate of drug-likeness (QED) is 0.851. The first-order valence-electron chi connectivity index (χ1n) is 9.09. The maximum Gasteiger partial charge on any atom is 0.240 e. The normalized spacial score (nSPS) is 21.3. The third kappa shape index (κ3) is 4.31. The number of carbonyl (C=O) groups excluding carboxylic acids is 1. The van der Waals surface area contributed by atoms with Gasteiger partial charge in [0.1, 0.15) is 0 Å². The Morgan fingerprint density at radius 1 is 1.13 bits per heavy atom. The lowest BCUT2D eigenvalue weighted by atomic mass is 9.95. The van der Waals surface area contributed by atoms with Gasteiger partial charge in [0.05, 0.1) is 6.54 Å². The second kappa shape index (κ2) is 7.90. The van der Waals surface area contributed by atoms with E-state index in [4.69, 9.17) is 4.52 Å². The van der Waals surface area contributed by atoms with Crippen LogP contribution in [-0.4, -0.2) is 52.0 Å². The standard InChI is InChI=1S/C17H28N4O2/c1-2-15-18-16(23-19-15)13-20-11-7-14(8-12-20)17(22)21-9-5-3-4-6-10-21/h14H,2-13H2,1H3. The number of aromatic nitrogens is 2. The minimum absolute atomic E-state index is 0.207. The summed E-state index contributed by atoms with van der Waals surface area (Å²) in [6.07, 6.45) is 7.57. The van der Waals surface area contributed by atoms with Crippen molar-refractivity contribution < 1.29 is 9.32 Å². The van der Waals surface area contributed by atoms with Gasteiger partial charge in [-0.2, -0.15) is 4.98 Å². The van der Waals surface area contributed by atoms with Gasteiger partial charge in [-0.15, -0.1) is 0 Å². The van der Waals surface area contributed by atoms with Crippen LogP contribution in [0.4, 0.5) is 0 Å². The molecule has 2 fully saturated rings. The Balaban J connectivity index is 1.46. The number of aryl methyl sites for hydroxylation is 1. The van der Waals surface area contributed by atoms with Gasteiger partial charge in [0.15, 0.2) is 5.82 Å². The Kier molecular flexibility index (Phi) is 5.65. The van der Waals surface area contributed by atoms with Crippen molar-refractivity contribution in [3.05, 3.63) is 11.7 Å². The second-order valence-corrected chi connectivity index (χ2v) is 6.75. The molecule has 6 nitrogen and oxygen atoms in total. The molecule has 0 unspecified atom stereocenters. The smallest absolute Gasteiger partial charge is 0.240 e. The zero-order valence-electron chi connectivity index (χ0n) is 14.2. The molecule has 1 aromatic rings. The number of piperidine rings is 1. The minimum Gasteiger partial charge on any atom is -0.342 e. The molecular weight excluding hydrogens is 292 g/mol. The van der Waals surface area contributed by atoms with Gasteiger partial charge in [0.2, 0.25) is 11.8 Å². The van der Waals surface area contributed by atoms with Crippen molar-refractivity contribution in [1.29, 1.82) is 0 Å². The third-order valence-electron chi connectivity index (χ3n) is 5.04. The monoisotopic (exact) mass is 320 g/mol. The Hall–Kier alpha value is -1.43. The first-order valence-corrected chi connectivity index (χ1v) is 9.09. The molecule has 128 valence electrons. The molecule has 6 heteroatoms. The summed E-state index contributed by atoms with van der Waals surface area (Å²) in [6, 6.07) is 0. The number of hydrogen-bond acceptors (Lipinski definition) is 5. The summed E-state index contributed by atoms with van der Waals surface area (Å²) in [6.45, 7) is 6.52. The highest BCUT2D eigenvalue weighted by Gasteiger charge is 2.29. The second-order valence-electron chi connectivity index (χ2n) is 6.75. The predicted octanol–water partition coefficient (Wildman–Crippen LogP) is 2.25. The number of likely N-dealkylation sites (tertiary alicyclic amines) is 2. The molecule has 3 rings (SSSR count). The lowest BCUT2D eigenvalue weighted by Gasteiger charge is -2.33. The molecule has 2 saturated heterocycles. The van der Waals surface area contributed by atoms with Crippen LogP contribution in [0, 0.1) is 5.92 Å². The van der Waals surface area contributed by atoms with Crippen LogP contribution in [-0.2, 0) is 17.8 Å². The Morgan fingerprint density at radius 2 is 1.83 bits per heavy atom. The van der Waals surface area contributed by atoms with Crippen LogP contribution in [0.5, 0.6) is 0 Å². The maximum atomic E-state index is 12.7. The van der Waals surface area contributed by atoms with Gasteiger partial charge in [0.25, 0.3) is 0 Å². The largest absolute Gasteiger partial charge is 0.342 e. The molecule has 1 aromatic heterocycles. The number of nitrogens with zero attached hydrogens (tertiary/aromatic N) is 4. The van der Waals surface area contributed by atoms with Crippen LogP contribution < -0.4 is 0 Å². The Bertz CT molecular complexity index is 500. The summed E-state index contributed by atoms with van der Waals surface area (Å²) in [5, 5.41) is 3.94. The van der Waals surface area contributed by atoms with E-state index in [-0.39, 0.29) is 5.92 Å². The van der Waals surface area contributed by atoms with Gasteiger partial charge in [0, 0.05) is 25.4 Å². The molecule has 0 spiro atoms. The molecule has 0 aliphatic carbocycles. The summed E-state index contributed by atoms with van der Waals surface area (Å²) in [5.74, 6) is 2.06. The molecule has 1 amide bonds. The van der Waals surface area contributed by atoms with Crippen molar-refractivity contribution in [3.63, 3.8) is 0 Å². The number of rotatable bonds is 4. The molecule has 0 aromatic carbocycles. The third-order valence-corrected chi connectivity index (χ3v) is 5.04. The van der Waals surface area contributed by atoms with Gasteiger partial charge in [-0.1, -0.05) is 24.9 Å². The van der Waals surface area contributed by atoms with Crippen molar-refractivity contribution in [1.82, 2.24) is 19.9 Å². The zero-order chi connectivity index (χ0) is 16.1. The summed E-state index contributed by atoms with van der Waals surface area (Å²) in [7, 11) is 0. The van der Waals surface area contributed by atoms with Crippen LogP contribution in [0.3, 0.4) is 0 Å². The summed E-state index contributed by atoms with van der Waals surface area (Å²) >= 11 is 0. The highest BCUT2D eigenvalue weighted by molar-refractivity contribution is 5.79. The molecule has 2 aliphatic heterocycles. The van der Waals surface area contributed by atoms with E-state index in [0.717, 1.165) is 51.3 Å². The Morgan fingerprint density at radius 3 is 2.43 bits per heavy atom.